The van der Waals surface area contributed by atoms with E-state index in [4.69, 9.17) is 18.9 Å². The molecule has 0 bridgehead atoms. The van der Waals surface area contributed by atoms with E-state index in [1.807, 2.05) is 19.9 Å². The minimum Gasteiger partial charge on any atom is -0.368 e. The summed E-state index contributed by atoms with van der Waals surface area (Å²) in [4.78, 5) is 0. The molecule has 1 aromatic rings. The lowest BCUT2D eigenvalue weighted by molar-refractivity contribution is -0.219. The first kappa shape index (κ1) is 16.8. The number of hydrogen-bond donors (Lipinski definition) is 0. The van der Waals surface area contributed by atoms with Crippen LogP contribution in [-0.4, -0.2) is 30.4 Å². The molecule has 0 saturated carbocycles. The Morgan fingerprint density at radius 3 is 2.74 bits per heavy atom. The van der Waals surface area contributed by atoms with Gasteiger partial charge in [0.1, 0.15) is 18.0 Å². The van der Waals surface area contributed by atoms with E-state index in [1.165, 1.54) is 6.07 Å². The Labute approximate surface area is 136 Å². The van der Waals surface area contributed by atoms with Crippen molar-refractivity contribution in [2.45, 2.75) is 77.0 Å². The molecule has 2 heterocycles. The molecular formula is C18H25FO4. The lowest BCUT2D eigenvalue weighted by atomic mass is 10.0. The van der Waals surface area contributed by atoms with Crippen LogP contribution in [-0.2, 0) is 25.6 Å². The van der Waals surface area contributed by atoms with Gasteiger partial charge >= 0.3 is 0 Å². The average Bonchev–Trinajstić information content (AvgIpc) is 2.96. The molecule has 2 aliphatic heterocycles. The second kappa shape index (κ2) is 6.85. The molecule has 128 valence electrons. The van der Waals surface area contributed by atoms with Crippen molar-refractivity contribution in [1.29, 1.82) is 0 Å². The zero-order chi connectivity index (χ0) is 16.4. The van der Waals surface area contributed by atoms with Gasteiger partial charge in [-0.25, -0.2) is 4.39 Å². The van der Waals surface area contributed by atoms with Gasteiger partial charge in [-0.1, -0.05) is 38.0 Å². The third-order valence-electron chi connectivity index (χ3n) is 4.32. The van der Waals surface area contributed by atoms with Crippen molar-refractivity contribution in [3.8, 4) is 0 Å². The van der Waals surface area contributed by atoms with Crippen LogP contribution in [0.15, 0.2) is 24.3 Å². The highest BCUT2D eigenvalue weighted by Gasteiger charge is 2.55. The first-order chi connectivity index (χ1) is 11.0. The van der Waals surface area contributed by atoms with Gasteiger partial charge in [0.2, 0.25) is 0 Å². The van der Waals surface area contributed by atoms with Gasteiger partial charge in [-0.05, 0) is 26.3 Å². The quantitative estimate of drug-likeness (QED) is 0.798. The van der Waals surface area contributed by atoms with Crippen molar-refractivity contribution in [2.75, 3.05) is 0 Å². The van der Waals surface area contributed by atoms with E-state index in [0.717, 1.165) is 19.3 Å². The number of benzene rings is 1. The Morgan fingerprint density at radius 2 is 2.00 bits per heavy atom. The average molecular weight is 324 g/mol. The fourth-order valence-corrected chi connectivity index (χ4v) is 3.19. The molecule has 23 heavy (non-hydrogen) atoms. The maximum Gasteiger partial charge on any atom is 0.190 e. The lowest BCUT2D eigenvalue weighted by Crippen LogP contribution is -2.36. The molecule has 0 radical (unpaired) electrons. The van der Waals surface area contributed by atoms with Crippen LogP contribution in [0.3, 0.4) is 0 Å². The highest BCUT2D eigenvalue weighted by Crippen LogP contribution is 2.40. The van der Waals surface area contributed by atoms with Crippen LogP contribution in [0.5, 0.6) is 0 Å². The van der Waals surface area contributed by atoms with Gasteiger partial charge in [-0.3, -0.25) is 0 Å². The van der Waals surface area contributed by atoms with Crippen LogP contribution >= 0.6 is 0 Å². The second-order valence-corrected chi connectivity index (χ2v) is 6.65. The lowest BCUT2D eigenvalue weighted by Gasteiger charge is -2.26. The van der Waals surface area contributed by atoms with Gasteiger partial charge in [0.15, 0.2) is 12.1 Å². The Kier molecular flexibility index (Phi) is 5.01. The molecule has 2 fully saturated rings. The summed E-state index contributed by atoms with van der Waals surface area (Å²) in [6.45, 7) is 6.07. The molecule has 0 N–H and O–H groups in total. The van der Waals surface area contributed by atoms with Gasteiger partial charge in [0.05, 0.1) is 12.7 Å². The monoisotopic (exact) mass is 324 g/mol. The van der Waals surface area contributed by atoms with Gasteiger partial charge in [0, 0.05) is 5.56 Å². The molecule has 0 aromatic heterocycles. The summed E-state index contributed by atoms with van der Waals surface area (Å²) in [5.74, 6) is -0.929. The molecule has 0 spiro atoms. The Hall–Kier alpha value is -1.01. The van der Waals surface area contributed by atoms with E-state index in [1.54, 1.807) is 12.1 Å². The van der Waals surface area contributed by atoms with E-state index in [9.17, 15) is 4.39 Å². The summed E-state index contributed by atoms with van der Waals surface area (Å²) >= 11 is 0. The van der Waals surface area contributed by atoms with Crippen molar-refractivity contribution < 1.29 is 23.3 Å². The molecule has 4 nitrogen and oxygen atoms in total. The summed E-state index contributed by atoms with van der Waals surface area (Å²) in [5, 5.41) is 0. The SMILES string of the molecule is CCCC[C@H]1O[C@@H]2OC(C)(C)O[C@@H]2[C@H]1OCc1ccccc1F. The van der Waals surface area contributed by atoms with Crippen LogP contribution in [0.2, 0.25) is 0 Å². The van der Waals surface area contributed by atoms with E-state index >= 15 is 0 Å². The van der Waals surface area contributed by atoms with E-state index in [-0.39, 0.29) is 30.7 Å². The minimum absolute atomic E-state index is 0.0761. The maximum atomic E-state index is 13.8. The van der Waals surface area contributed by atoms with Crippen LogP contribution in [0.25, 0.3) is 0 Å². The fraction of sp³-hybridized carbons (Fsp3) is 0.667. The van der Waals surface area contributed by atoms with Gasteiger partial charge in [-0.2, -0.15) is 0 Å². The summed E-state index contributed by atoms with van der Waals surface area (Å²) in [5.41, 5.74) is 0.545. The van der Waals surface area contributed by atoms with E-state index in [0.29, 0.717) is 5.56 Å². The molecular weight excluding hydrogens is 299 g/mol. The highest BCUT2D eigenvalue weighted by atomic mass is 19.1. The summed E-state index contributed by atoms with van der Waals surface area (Å²) in [6, 6.07) is 6.66. The summed E-state index contributed by atoms with van der Waals surface area (Å²) in [7, 11) is 0. The zero-order valence-electron chi connectivity index (χ0n) is 14.0. The number of unbranched alkanes of at least 4 members (excludes halogenated alkanes) is 1. The van der Waals surface area contributed by atoms with E-state index < -0.39 is 12.1 Å². The number of rotatable bonds is 6. The zero-order valence-corrected chi connectivity index (χ0v) is 14.0. The number of ether oxygens (including phenoxy) is 4. The normalized spacial score (nSPS) is 32.2. The van der Waals surface area contributed by atoms with Crippen molar-refractivity contribution in [1.82, 2.24) is 0 Å². The fourth-order valence-electron chi connectivity index (χ4n) is 3.19. The Bertz CT molecular complexity index is 534. The number of fused-ring (bicyclic) bond motifs is 1. The largest absolute Gasteiger partial charge is 0.368 e. The van der Waals surface area contributed by atoms with Crippen LogP contribution in [0.4, 0.5) is 4.39 Å². The molecule has 2 aliphatic rings. The predicted molar refractivity (Wildman–Crippen MR) is 83.2 cm³/mol. The predicted octanol–water partition coefficient (Wildman–Crippen LogP) is 3.78. The number of halogens is 1. The molecule has 2 saturated heterocycles. The van der Waals surface area contributed by atoms with Crippen molar-refractivity contribution in [2.24, 2.45) is 0 Å². The van der Waals surface area contributed by atoms with Crippen molar-refractivity contribution in [3.05, 3.63) is 35.6 Å². The van der Waals surface area contributed by atoms with Gasteiger partial charge in [-0.15, -0.1) is 0 Å². The number of hydrogen-bond acceptors (Lipinski definition) is 4. The molecule has 1 aromatic carbocycles. The Balaban J connectivity index is 1.68. The minimum atomic E-state index is -0.676. The molecule has 0 unspecified atom stereocenters. The first-order valence-electron chi connectivity index (χ1n) is 8.36. The first-order valence-corrected chi connectivity index (χ1v) is 8.36. The third kappa shape index (κ3) is 3.74. The van der Waals surface area contributed by atoms with Crippen molar-refractivity contribution in [3.63, 3.8) is 0 Å². The Morgan fingerprint density at radius 1 is 1.22 bits per heavy atom. The molecule has 3 rings (SSSR count). The summed E-state index contributed by atoms with van der Waals surface area (Å²) in [6.07, 6.45) is 2.03. The van der Waals surface area contributed by atoms with Crippen LogP contribution in [0, 0.1) is 5.82 Å². The smallest absolute Gasteiger partial charge is 0.190 e. The molecule has 0 aliphatic carbocycles. The second-order valence-electron chi connectivity index (χ2n) is 6.65. The highest BCUT2D eigenvalue weighted by molar-refractivity contribution is 5.16. The molecule has 5 heteroatoms. The maximum absolute atomic E-state index is 13.8. The summed E-state index contributed by atoms with van der Waals surface area (Å²) < 4.78 is 37.5. The molecule has 0 amide bonds. The van der Waals surface area contributed by atoms with Gasteiger partial charge in [0.25, 0.3) is 0 Å². The van der Waals surface area contributed by atoms with Crippen LogP contribution < -0.4 is 0 Å². The van der Waals surface area contributed by atoms with Crippen molar-refractivity contribution >= 4 is 0 Å². The molecule has 4 atom stereocenters. The topological polar surface area (TPSA) is 36.9 Å². The van der Waals surface area contributed by atoms with Crippen LogP contribution in [0.1, 0.15) is 45.6 Å². The van der Waals surface area contributed by atoms with Gasteiger partial charge < -0.3 is 18.9 Å². The third-order valence-corrected chi connectivity index (χ3v) is 4.32. The standard InChI is InChI=1S/C18H25FO4/c1-4-5-10-14-15(16-17(21-14)23-18(2,3)22-16)20-11-12-8-6-7-9-13(12)19/h6-9,14-17H,4-5,10-11H2,1-3H3/t14-,15+,16-,17-/m1/s1. The van der Waals surface area contributed by atoms with E-state index in [2.05, 4.69) is 6.92 Å².